The average Bonchev–Trinajstić information content (AvgIpc) is 2.48. The normalized spacial score (nSPS) is 28.1. The lowest BCUT2D eigenvalue weighted by Gasteiger charge is -2.21. The second-order valence-corrected chi connectivity index (χ2v) is 6.32. The van der Waals surface area contributed by atoms with Crippen molar-refractivity contribution in [2.24, 2.45) is 0 Å². The molecular formula is C18H32O4. The Bertz CT molecular complexity index is 327. The summed E-state index contributed by atoms with van der Waals surface area (Å²) in [5.41, 5.74) is 0. The Morgan fingerprint density at radius 3 is 2.36 bits per heavy atom. The van der Waals surface area contributed by atoms with Gasteiger partial charge in [-0.2, -0.15) is 0 Å². The van der Waals surface area contributed by atoms with E-state index in [1.54, 1.807) is 6.08 Å². The molecule has 0 amide bonds. The molecule has 0 radical (unpaired) electrons. The van der Waals surface area contributed by atoms with Gasteiger partial charge in [-0.3, -0.25) is 4.79 Å². The molecule has 0 saturated carbocycles. The summed E-state index contributed by atoms with van der Waals surface area (Å²) < 4.78 is 5.45. The Morgan fingerprint density at radius 2 is 1.64 bits per heavy atom. The molecule has 2 N–H and O–H groups in total. The molecule has 0 aliphatic carbocycles. The van der Waals surface area contributed by atoms with E-state index in [4.69, 9.17) is 4.74 Å². The summed E-state index contributed by atoms with van der Waals surface area (Å²) in [5, 5.41) is 19.4. The van der Waals surface area contributed by atoms with Crippen molar-refractivity contribution in [3.05, 3.63) is 12.2 Å². The van der Waals surface area contributed by atoms with E-state index in [0.29, 0.717) is 12.8 Å². The number of carbonyl (C=O) groups excluding carboxylic acids is 1. The molecule has 1 rings (SSSR count). The van der Waals surface area contributed by atoms with Crippen LogP contribution in [0.3, 0.4) is 0 Å². The first-order valence-electron chi connectivity index (χ1n) is 8.85. The maximum absolute atomic E-state index is 11.7. The second-order valence-electron chi connectivity index (χ2n) is 6.32. The Morgan fingerprint density at radius 1 is 1.00 bits per heavy atom. The van der Waals surface area contributed by atoms with Crippen LogP contribution in [-0.2, 0) is 9.53 Å². The number of cyclic esters (lactones) is 1. The fraction of sp³-hybridized carbons (Fsp3) is 0.833. The largest absolute Gasteiger partial charge is 0.462 e. The number of unbranched alkanes of at least 4 members (excludes halogenated alkanes) is 6. The van der Waals surface area contributed by atoms with Crippen molar-refractivity contribution in [1.82, 2.24) is 0 Å². The summed E-state index contributed by atoms with van der Waals surface area (Å²) in [6.07, 6.45) is 12.2. The van der Waals surface area contributed by atoms with Crippen LogP contribution < -0.4 is 0 Å². The van der Waals surface area contributed by atoms with Gasteiger partial charge in [0.2, 0.25) is 0 Å². The molecule has 0 saturated heterocycles. The molecule has 0 aromatic carbocycles. The van der Waals surface area contributed by atoms with Crippen molar-refractivity contribution < 1.29 is 19.7 Å². The summed E-state index contributed by atoms with van der Waals surface area (Å²) in [5.74, 6) is -0.346. The minimum atomic E-state index is -0.862. The van der Waals surface area contributed by atoms with Crippen LogP contribution in [0.5, 0.6) is 0 Å². The lowest BCUT2D eigenvalue weighted by molar-refractivity contribution is -0.151. The van der Waals surface area contributed by atoms with Gasteiger partial charge in [-0.25, -0.2) is 0 Å². The van der Waals surface area contributed by atoms with Gasteiger partial charge in [-0.15, -0.1) is 0 Å². The van der Waals surface area contributed by atoms with Gasteiger partial charge in [-0.05, 0) is 25.7 Å². The number of hydrogen-bond donors (Lipinski definition) is 2. The fourth-order valence-corrected chi connectivity index (χ4v) is 2.77. The number of ether oxygens (including phenoxy) is 1. The molecule has 1 aliphatic rings. The van der Waals surface area contributed by atoms with Crippen LogP contribution in [0.25, 0.3) is 0 Å². The minimum Gasteiger partial charge on any atom is -0.462 e. The lowest BCUT2D eigenvalue weighted by Crippen LogP contribution is -2.24. The number of aliphatic hydroxyl groups is 2. The van der Waals surface area contributed by atoms with E-state index >= 15 is 0 Å². The minimum absolute atomic E-state index is 0.0310. The molecule has 0 aromatic heterocycles. The third kappa shape index (κ3) is 9.21. The molecule has 0 bridgehead atoms. The first-order valence-corrected chi connectivity index (χ1v) is 8.85. The molecule has 1 heterocycles. The van der Waals surface area contributed by atoms with E-state index in [9.17, 15) is 15.0 Å². The molecule has 4 nitrogen and oxygen atoms in total. The molecule has 0 aromatic rings. The molecule has 3 atom stereocenters. The predicted octanol–water partition coefficient (Wildman–Crippen LogP) is 3.50. The SMILES string of the molecule is CCCCCCCCC[C@H]1CC[C@@H](O)/C=C/[C@@H](O)CC(=O)O1. The van der Waals surface area contributed by atoms with Crippen LogP contribution in [-0.4, -0.2) is 34.5 Å². The van der Waals surface area contributed by atoms with Crippen LogP contribution >= 0.6 is 0 Å². The molecule has 0 spiro atoms. The van der Waals surface area contributed by atoms with Crippen molar-refractivity contribution in [2.45, 2.75) is 95.9 Å². The van der Waals surface area contributed by atoms with Gasteiger partial charge in [0.1, 0.15) is 6.10 Å². The highest BCUT2D eigenvalue weighted by Crippen LogP contribution is 2.18. The zero-order valence-electron chi connectivity index (χ0n) is 13.9. The van der Waals surface area contributed by atoms with Gasteiger partial charge in [0.15, 0.2) is 0 Å². The third-order valence-electron chi connectivity index (χ3n) is 4.14. The maximum Gasteiger partial charge on any atom is 0.309 e. The molecule has 4 heteroatoms. The highest BCUT2D eigenvalue weighted by atomic mass is 16.5. The van der Waals surface area contributed by atoms with Crippen molar-refractivity contribution in [3.63, 3.8) is 0 Å². The quantitative estimate of drug-likeness (QED) is 0.409. The Hall–Kier alpha value is -0.870. The average molecular weight is 312 g/mol. The van der Waals surface area contributed by atoms with Crippen LogP contribution in [0.15, 0.2) is 12.2 Å². The van der Waals surface area contributed by atoms with Crippen LogP contribution in [0.2, 0.25) is 0 Å². The van der Waals surface area contributed by atoms with E-state index in [1.807, 2.05) is 0 Å². The highest BCUT2D eigenvalue weighted by molar-refractivity contribution is 5.70. The Kier molecular flexibility index (Phi) is 10.2. The number of aliphatic hydroxyl groups excluding tert-OH is 2. The van der Waals surface area contributed by atoms with Crippen LogP contribution in [0.1, 0.15) is 77.6 Å². The van der Waals surface area contributed by atoms with Crippen molar-refractivity contribution in [2.75, 3.05) is 0 Å². The van der Waals surface area contributed by atoms with Crippen LogP contribution in [0, 0.1) is 0 Å². The zero-order chi connectivity index (χ0) is 16.2. The van der Waals surface area contributed by atoms with Gasteiger partial charge in [0.05, 0.1) is 18.6 Å². The molecule has 0 unspecified atom stereocenters. The summed E-state index contributed by atoms with van der Waals surface area (Å²) in [4.78, 5) is 11.7. The highest BCUT2D eigenvalue weighted by Gasteiger charge is 2.19. The van der Waals surface area contributed by atoms with E-state index in [-0.39, 0.29) is 18.5 Å². The standard InChI is InChI=1S/C18H32O4/c1-2-3-4-5-6-7-8-9-17-13-12-15(19)10-11-16(20)14-18(21)22-17/h10-11,15-17,19-20H,2-9,12-14H2,1H3/b11-10+/t15-,16+,17-/m0/s1. The molecule has 22 heavy (non-hydrogen) atoms. The number of hydrogen-bond acceptors (Lipinski definition) is 4. The lowest BCUT2D eigenvalue weighted by atomic mass is 10.0. The van der Waals surface area contributed by atoms with Gasteiger partial charge < -0.3 is 14.9 Å². The van der Waals surface area contributed by atoms with E-state index < -0.39 is 12.2 Å². The van der Waals surface area contributed by atoms with Gasteiger partial charge >= 0.3 is 5.97 Å². The van der Waals surface area contributed by atoms with E-state index in [2.05, 4.69) is 6.92 Å². The molecule has 1 aliphatic heterocycles. The van der Waals surface area contributed by atoms with Gasteiger partial charge in [0, 0.05) is 0 Å². The summed E-state index contributed by atoms with van der Waals surface area (Å²) in [6, 6.07) is 0. The van der Waals surface area contributed by atoms with Crippen molar-refractivity contribution >= 4 is 5.97 Å². The molecule has 0 fully saturated rings. The monoisotopic (exact) mass is 312 g/mol. The second kappa shape index (κ2) is 11.7. The topological polar surface area (TPSA) is 66.8 Å². The summed E-state index contributed by atoms with van der Waals surface area (Å²) in [6.45, 7) is 2.22. The molecular weight excluding hydrogens is 280 g/mol. The van der Waals surface area contributed by atoms with E-state index in [1.165, 1.54) is 44.6 Å². The predicted molar refractivity (Wildman–Crippen MR) is 87.5 cm³/mol. The first-order chi connectivity index (χ1) is 10.6. The summed E-state index contributed by atoms with van der Waals surface area (Å²) >= 11 is 0. The number of rotatable bonds is 8. The van der Waals surface area contributed by atoms with E-state index in [0.717, 1.165) is 12.8 Å². The first kappa shape index (κ1) is 19.2. The maximum atomic E-state index is 11.7. The van der Waals surface area contributed by atoms with Crippen LogP contribution in [0.4, 0.5) is 0 Å². The number of esters is 1. The zero-order valence-corrected chi connectivity index (χ0v) is 13.9. The third-order valence-corrected chi connectivity index (χ3v) is 4.14. The smallest absolute Gasteiger partial charge is 0.309 e. The Labute approximate surface area is 134 Å². The van der Waals surface area contributed by atoms with Gasteiger partial charge in [0.25, 0.3) is 0 Å². The number of carbonyl (C=O) groups is 1. The molecule has 128 valence electrons. The Balaban J connectivity index is 2.28. The van der Waals surface area contributed by atoms with Crippen molar-refractivity contribution in [3.8, 4) is 0 Å². The van der Waals surface area contributed by atoms with Gasteiger partial charge in [-0.1, -0.05) is 57.6 Å². The van der Waals surface area contributed by atoms with Crippen molar-refractivity contribution in [1.29, 1.82) is 0 Å². The fourth-order valence-electron chi connectivity index (χ4n) is 2.77. The summed E-state index contributed by atoms with van der Waals surface area (Å²) in [7, 11) is 0.